The Kier molecular flexibility index (Phi) is 6.36. The second-order valence-electron chi connectivity index (χ2n) is 4.96. The van der Waals surface area contributed by atoms with Crippen LogP contribution in [-0.2, 0) is 0 Å². The summed E-state index contributed by atoms with van der Waals surface area (Å²) in [6.45, 7) is 8.29. The third-order valence-corrected chi connectivity index (χ3v) is 2.46. The number of aliphatic hydroxyl groups is 1. The fourth-order valence-corrected chi connectivity index (χ4v) is 1.82. The van der Waals surface area contributed by atoms with Gasteiger partial charge in [-0.1, -0.05) is 25.9 Å². The molecule has 0 heterocycles. The highest BCUT2D eigenvalue weighted by Gasteiger charge is 2.23. The lowest BCUT2D eigenvalue weighted by atomic mass is 9.94. The minimum atomic E-state index is -0.767. The zero-order valence-corrected chi connectivity index (χ0v) is 10.7. The first-order valence-electron chi connectivity index (χ1n) is 5.75. The number of hydrogen-bond acceptors (Lipinski definition) is 4. The van der Waals surface area contributed by atoms with Crippen LogP contribution in [0.5, 0.6) is 0 Å². The van der Waals surface area contributed by atoms with E-state index in [9.17, 15) is 5.11 Å². The zero-order chi connectivity index (χ0) is 12.8. The van der Waals surface area contributed by atoms with Crippen molar-refractivity contribution >= 4 is 5.84 Å². The fourth-order valence-electron chi connectivity index (χ4n) is 1.82. The van der Waals surface area contributed by atoms with Crippen LogP contribution in [0.25, 0.3) is 0 Å². The van der Waals surface area contributed by atoms with Crippen molar-refractivity contribution in [3.05, 3.63) is 0 Å². The molecule has 0 aromatic rings. The van der Waals surface area contributed by atoms with Crippen molar-refractivity contribution in [2.75, 3.05) is 6.54 Å². The topological polar surface area (TPSA) is 90.9 Å². The summed E-state index contributed by atoms with van der Waals surface area (Å²) in [6.07, 6.45) is 1.43. The van der Waals surface area contributed by atoms with E-state index in [1.54, 1.807) is 6.92 Å². The minimum absolute atomic E-state index is 0.155. The SMILES string of the molecule is CCC(NCC(C)(O)CC(C)C)C(N)=NO. The Bertz CT molecular complexity index is 227. The molecule has 0 saturated heterocycles. The Morgan fingerprint density at radius 1 is 1.50 bits per heavy atom. The number of nitrogens with zero attached hydrogens (tertiary/aromatic N) is 1. The lowest BCUT2D eigenvalue weighted by Gasteiger charge is -2.28. The smallest absolute Gasteiger partial charge is 0.156 e. The average molecular weight is 231 g/mol. The number of hydrogen-bond donors (Lipinski definition) is 4. The van der Waals surface area contributed by atoms with Crippen LogP contribution >= 0.6 is 0 Å². The van der Waals surface area contributed by atoms with Crippen LogP contribution in [0.2, 0.25) is 0 Å². The van der Waals surface area contributed by atoms with Gasteiger partial charge in [0, 0.05) is 6.54 Å². The molecule has 0 aromatic carbocycles. The van der Waals surface area contributed by atoms with E-state index in [4.69, 9.17) is 10.9 Å². The predicted octanol–water partition coefficient (Wildman–Crippen LogP) is 0.898. The van der Waals surface area contributed by atoms with Gasteiger partial charge in [-0.3, -0.25) is 0 Å². The van der Waals surface area contributed by atoms with Gasteiger partial charge in [0.1, 0.15) is 0 Å². The molecule has 0 saturated carbocycles. The van der Waals surface area contributed by atoms with Gasteiger partial charge < -0.3 is 21.4 Å². The summed E-state index contributed by atoms with van der Waals surface area (Å²) in [4.78, 5) is 0. The summed E-state index contributed by atoms with van der Waals surface area (Å²) in [5.74, 6) is 0.587. The molecule has 0 bridgehead atoms. The molecule has 5 nitrogen and oxygen atoms in total. The van der Waals surface area contributed by atoms with Crippen molar-refractivity contribution in [1.29, 1.82) is 0 Å². The zero-order valence-electron chi connectivity index (χ0n) is 10.7. The maximum absolute atomic E-state index is 10.1. The molecule has 0 spiro atoms. The number of nitrogens with one attached hydrogen (secondary N) is 1. The highest BCUT2D eigenvalue weighted by molar-refractivity contribution is 5.85. The van der Waals surface area contributed by atoms with Gasteiger partial charge in [0.05, 0.1) is 11.6 Å². The summed E-state index contributed by atoms with van der Waals surface area (Å²) in [6, 6.07) is -0.191. The standard InChI is InChI=1S/C11H25N3O2/c1-5-9(10(12)14-16)13-7-11(4,15)6-8(2)3/h8-9,13,15-16H,5-7H2,1-4H3,(H2,12,14). The van der Waals surface area contributed by atoms with Gasteiger partial charge in [-0.2, -0.15) is 0 Å². The maximum Gasteiger partial charge on any atom is 0.156 e. The maximum atomic E-state index is 10.1. The molecule has 0 radical (unpaired) electrons. The van der Waals surface area contributed by atoms with E-state index in [0.29, 0.717) is 25.3 Å². The van der Waals surface area contributed by atoms with Crippen molar-refractivity contribution in [1.82, 2.24) is 5.32 Å². The Morgan fingerprint density at radius 3 is 2.44 bits per heavy atom. The molecule has 2 unspecified atom stereocenters. The van der Waals surface area contributed by atoms with Gasteiger partial charge in [-0.05, 0) is 25.7 Å². The Morgan fingerprint density at radius 2 is 2.06 bits per heavy atom. The van der Waals surface area contributed by atoms with Crippen LogP contribution in [-0.4, -0.2) is 34.3 Å². The van der Waals surface area contributed by atoms with Crippen LogP contribution in [0.15, 0.2) is 5.16 Å². The molecular weight excluding hydrogens is 206 g/mol. The van der Waals surface area contributed by atoms with Gasteiger partial charge in [-0.15, -0.1) is 0 Å². The Balaban J connectivity index is 4.20. The summed E-state index contributed by atoms with van der Waals surface area (Å²) < 4.78 is 0. The molecule has 0 aromatic heterocycles. The van der Waals surface area contributed by atoms with Gasteiger partial charge in [0.25, 0.3) is 0 Å². The van der Waals surface area contributed by atoms with E-state index in [-0.39, 0.29) is 11.9 Å². The molecule has 96 valence electrons. The van der Waals surface area contributed by atoms with E-state index >= 15 is 0 Å². The summed E-state index contributed by atoms with van der Waals surface area (Å²) >= 11 is 0. The molecule has 0 aliphatic carbocycles. The Labute approximate surface area is 97.7 Å². The molecule has 16 heavy (non-hydrogen) atoms. The second kappa shape index (κ2) is 6.70. The second-order valence-corrected chi connectivity index (χ2v) is 4.96. The van der Waals surface area contributed by atoms with Crippen molar-refractivity contribution in [3.63, 3.8) is 0 Å². The van der Waals surface area contributed by atoms with Crippen LogP contribution < -0.4 is 11.1 Å². The van der Waals surface area contributed by atoms with Gasteiger partial charge in [-0.25, -0.2) is 0 Å². The quantitative estimate of drug-likeness (QED) is 0.227. The molecule has 5 N–H and O–H groups in total. The molecule has 0 fully saturated rings. The molecule has 0 aliphatic rings. The molecule has 0 rings (SSSR count). The first kappa shape index (κ1) is 15.2. The minimum Gasteiger partial charge on any atom is -0.409 e. The Hall–Kier alpha value is -0.810. The number of nitrogens with two attached hydrogens (primary N) is 1. The van der Waals surface area contributed by atoms with E-state index in [0.717, 1.165) is 0 Å². The molecular formula is C11H25N3O2. The fraction of sp³-hybridized carbons (Fsp3) is 0.909. The van der Waals surface area contributed by atoms with Crippen LogP contribution in [0.1, 0.15) is 40.5 Å². The highest BCUT2D eigenvalue weighted by atomic mass is 16.4. The number of amidine groups is 1. The number of oxime groups is 1. The van der Waals surface area contributed by atoms with Crippen LogP contribution in [0, 0.1) is 5.92 Å². The normalized spacial score (nSPS) is 18.5. The summed E-state index contributed by atoms with van der Waals surface area (Å²) in [5.41, 5.74) is 4.75. The highest BCUT2D eigenvalue weighted by Crippen LogP contribution is 2.15. The summed E-state index contributed by atoms with van der Waals surface area (Å²) in [5, 5.41) is 24.7. The van der Waals surface area contributed by atoms with Crippen molar-refractivity contribution in [3.8, 4) is 0 Å². The van der Waals surface area contributed by atoms with Crippen LogP contribution in [0.3, 0.4) is 0 Å². The van der Waals surface area contributed by atoms with Crippen molar-refractivity contribution < 1.29 is 10.3 Å². The molecule has 2 atom stereocenters. The van der Waals surface area contributed by atoms with E-state index in [1.165, 1.54) is 0 Å². The molecule has 0 aliphatic heterocycles. The largest absolute Gasteiger partial charge is 0.409 e. The third-order valence-electron chi connectivity index (χ3n) is 2.46. The predicted molar refractivity (Wildman–Crippen MR) is 65.6 cm³/mol. The van der Waals surface area contributed by atoms with Crippen molar-refractivity contribution in [2.45, 2.75) is 52.2 Å². The van der Waals surface area contributed by atoms with Gasteiger partial charge in [0.15, 0.2) is 5.84 Å². The average Bonchev–Trinajstić information content (AvgIpc) is 2.16. The van der Waals surface area contributed by atoms with E-state index < -0.39 is 5.60 Å². The van der Waals surface area contributed by atoms with E-state index in [2.05, 4.69) is 24.3 Å². The van der Waals surface area contributed by atoms with Crippen molar-refractivity contribution in [2.24, 2.45) is 16.8 Å². The number of rotatable bonds is 7. The lowest BCUT2D eigenvalue weighted by Crippen LogP contribution is -2.48. The summed E-state index contributed by atoms with van der Waals surface area (Å²) in [7, 11) is 0. The third kappa shape index (κ3) is 5.92. The monoisotopic (exact) mass is 231 g/mol. The molecule has 0 amide bonds. The first-order valence-corrected chi connectivity index (χ1v) is 5.75. The van der Waals surface area contributed by atoms with Gasteiger partial charge in [0.2, 0.25) is 0 Å². The van der Waals surface area contributed by atoms with Gasteiger partial charge >= 0.3 is 0 Å². The molecule has 5 heteroatoms. The van der Waals surface area contributed by atoms with E-state index in [1.807, 2.05) is 6.92 Å². The lowest BCUT2D eigenvalue weighted by molar-refractivity contribution is 0.0374. The first-order chi connectivity index (χ1) is 7.32. The van der Waals surface area contributed by atoms with Crippen LogP contribution in [0.4, 0.5) is 0 Å².